The fourth-order valence-electron chi connectivity index (χ4n) is 4.99. The summed E-state index contributed by atoms with van der Waals surface area (Å²) in [5.74, 6) is 0.713. The molecule has 0 unspecified atom stereocenters. The minimum atomic E-state index is -0.718. The highest BCUT2D eigenvalue weighted by Gasteiger charge is 2.55. The first-order valence-corrected chi connectivity index (χ1v) is 10.4. The van der Waals surface area contributed by atoms with Crippen LogP contribution in [-0.2, 0) is 4.79 Å². The van der Waals surface area contributed by atoms with Crippen LogP contribution in [0.1, 0.15) is 52.4 Å². The summed E-state index contributed by atoms with van der Waals surface area (Å²) in [5, 5.41) is 12.7. The van der Waals surface area contributed by atoms with Crippen molar-refractivity contribution < 1.29 is 14.7 Å². The van der Waals surface area contributed by atoms with E-state index in [9.17, 15) is 14.7 Å². The first kappa shape index (κ1) is 19.5. The minimum Gasteiger partial charge on any atom is -0.481 e. The SMILES string of the molecule is CC(C)CCN1CCC(CNC(=O)N2C[C@@H]3CCC[C@@]3(C(=O)O)C2)CC1. The number of likely N-dealkylation sites (tertiary alicyclic amines) is 2. The molecule has 2 N–H and O–H groups in total. The lowest BCUT2D eigenvalue weighted by Gasteiger charge is -2.32. The Hall–Kier alpha value is -1.30. The molecule has 3 fully saturated rings. The van der Waals surface area contributed by atoms with E-state index in [1.807, 2.05) is 0 Å². The van der Waals surface area contributed by atoms with Gasteiger partial charge in [0.25, 0.3) is 0 Å². The topological polar surface area (TPSA) is 72.9 Å². The van der Waals surface area contributed by atoms with E-state index < -0.39 is 11.4 Å². The Balaban J connectivity index is 1.40. The number of carboxylic acids is 1. The van der Waals surface area contributed by atoms with Gasteiger partial charge in [-0.1, -0.05) is 20.3 Å². The van der Waals surface area contributed by atoms with Crippen molar-refractivity contribution in [1.29, 1.82) is 0 Å². The number of piperidine rings is 1. The Labute approximate surface area is 157 Å². The largest absolute Gasteiger partial charge is 0.481 e. The number of hydrogen-bond donors (Lipinski definition) is 2. The lowest BCUT2D eigenvalue weighted by Crippen LogP contribution is -2.44. The van der Waals surface area contributed by atoms with Crippen molar-refractivity contribution in [1.82, 2.24) is 15.1 Å². The van der Waals surface area contributed by atoms with E-state index in [0.29, 0.717) is 25.4 Å². The molecule has 2 aliphatic heterocycles. The molecule has 2 saturated heterocycles. The van der Waals surface area contributed by atoms with E-state index >= 15 is 0 Å². The number of aliphatic carboxylic acids is 1. The number of fused-ring (bicyclic) bond motifs is 1. The van der Waals surface area contributed by atoms with Crippen molar-refractivity contribution in [3.05, 3.63) is 0 Å². The second-order valence-corrected chi connectivity index (χ2v) is 9.08. The molecule has 3 aliphatic rings. The number of hydrogen-bond acceptors (Lipinski definition) is 3. The van der Waals surface area contributed by atoms with Gasteiger partial charge in [0.1, 0.15) is 0 Å². The van der Waals surface area contributed by atoms with Crippen molar-refractivity contribution in [3.63, 3.8) is 0 Å². The van der Waals surface area contributed by atoms with Crippen LogP contribution >= 0.6 is 0 Å². The zero-order chi connectivity index (χ0) is 18.7. The molecule has 0 aromatic rings. The molecule has 1 saturated carbocycles. The molecule has 2 atom stereocenters. The van der Waals surface area contributed by atoms with Gasteiger partial charge in [-0.05, 0) is 69.5 Å². The van der Waals surface area contributed by atoms with Crippen LogP contribution in [0.15, 0.2) is 0 Å². The maximum Gasteiger partial charge on any atom is 0.317 e. The smallest absolute Gasteiger partial charge is 0.317 e. The predicted octanol–water partition coefficient (Wildman–Crippen LogP) is 2.64. The van der Waals surface area contributed by atoms with Gasteiger partial charge in [-0.15, -0.1) is 0 Å². The van der Waals surface area contributed by atoms with Gasteiger partial charge in [-0.25, -0.2) is 4.79 Å². The Bertz CT molecular complexity index is 516. The molecule has 0 spiro atoms. The molecule has 0 aromatic heterocycles. The summed E-state index contributed by atoms with van der Waals surface area (Å²) in [5.41, 5.74) is -0.681. The van der Waals surface area contributed by atoms with Crippen molar-refractivity contribution in [2.24, 2.45) is 23.2 Å². The number of urea groups is 1. The summed E-state index contributed by atoms with van der Waals surface area (Å²) in [7, 11) is 0. The van der Waals surface area contributed by atoms with Crippen LogP contribution in [0.25, 0.3) is 0 Å². The third-order valence-corrected chi connectivity index (χ3v) is 6.86. The highest BCUT2D eigenvalue weighted by atomic mass is 16.4. The number of rotatable bonds is 6. The van der Waals surface area contributed by atoms with Gasteiger partial charge in [0.15, 0.2) is 0 Å². The highest BCUT2D eigenvalue weighted by molar-refractivity contribution is 5.80. The maximum absolute atomic E-state index is 12.5. The van der Waals surface area contributed by atoms with Crippen molar-refractivity contribution >= 4 is 12.0 Å². The van der Waals surface area contributed by atoms with E-state index in [2.05, 4.69) is 24.1 Å². The second kappa shape index (κ2) is 8.15. The highest BCUT2D eigenvalue weighted by Crippen LogP contribution is 2.48. The zero-order valence-electron chi connectivity index (χ0n) is 16.4. The number of carboxylic acid groups (broad SMARTS) is 1. The number of nitrogens with one attached hydrogen (secondary N) is 1. The monoisotopic (exact) mass is 365 g/mol. The Morgan fingerprint density at radius 2 is 1.96 bits per heavy atom. The maximum atomic E-state index is 12.5. The Kier molecular flexibility index (Phi) is 6.10. The van der Waals surface area contributed by atoms with Crippen molar-refractivity contribution in [3.8, 4) is 0 Å². The fraction of sp³-hybridized carbons (Fsp3) is 0.900. The quantitative estimate of drug-likeness (QED) is 0.759. The van der Waals surface area contributed by atoms with Crippen LogP contribution in [0.4, 0.5) is 4.79 Å². The van der Waals surface area contributed by atoms with E-state index in [1.54, 1.807) is 4.90 Å². The van der Waals surface area contributed by atoms with Crippen LogP contribution in [0.3, 0.4) is 0 Å². The molecule has 148 valence electrons. The normalized spacial score (nSPS) is 30.0. The number of carbonyl (C=O) groups is 2. The van der Waals surface area contributed by atoms with Crippen molar-refractivity contribution in [2.45, 2.75) is 52.4 Å². The van der Waals surface area contributed by atoms with Crippen molar-refractivity contribution in [2.75, 3.05) is 39.3 Å². The van der Waals surface area contributed by atoms with E-state index in [-0.39, 0.29) is 11.9 Å². The van der Waals surface area contributed by atoms with E-state index in [0.717, 1.165) is 51.2 Å². The molecule has 2 heterocycles. The van der Waals surface area contributed by atoms with Gasteiger partial charge in [-0.3, -0.25) is 4.79 Å². The molecule has 6 nitrogen and oxygen atoms in total. The van der Waals surface area contributed by atoms with Gasteiger partial charge in [0.2, 0.25) is 0 Å². The third kappa shape index (κ3) is 4.16. The number of amides is 2. The van der Waals surface area contributed by atoms with Gasteiger partial charge >= 0.3 is 12.0 Å². The average molecular weight is 366 g/mol. The predicted molar refractivity (Wildman–Crippen MR) is 101 cm³/mol. The van der Waals surface area contributed by atoms with Crippen LogP contribution in [0.5, 0.6) is 0 Å². The summed E-state index contributed by atoms with van der Waals surface area (Å²) < 4.78 is 0. The van der Waals surface area contributed by atoms with Gasteiger partial charge in [0.05, 0.1) is 5.41 Å². The number of nitrogens with zero attached hydrogens (tertiary/aromatic N) is 2. The fourth-order valence-corrected chi connectivity index (χ4v) is 4.99. The first-order chi connectivity index (χ1) is 12.4. The standard InChI is InChI=1S/C20H35N3O3/c1-15(2)5-9-22-10-6-16(7-11-22)12-21-19(26)23-13-17-4-3-8-20(17,14-23)18(24)25/h15-17H,3-14H2,1-2H3,(H,21,26)(H,24,25)/t17-,20+/m0/s1. The summed E-state index contributed by atoms with van der Waals surface area (Å²) in [6.07, 6.45) is 6.15. The second-order valence-electron chi connectivity index (χ2n) is 9.08. The molecule has 0 bridgehead atoms. The van der Waals surface area contributed by atoms with Crippen LogP contribution in [0, 0.1) is 23.2 Å². The minimum absolute atomic E-state index is 0.0673. The molecule has 26 heavy (non-hydrogen) atoms. The molecule has 6 heteroatoms. The van der Waals surface area contributed by atoms with Gasteiger partial charge in [0, 0.05) is 19.6 Å². The molecule has 0 aromatic carbocycles. The molecular formula is C20H35N3O3. The van der Waals surface area contributed by atoms with E-state index in [1.165, 1.54) is 13.0 Å². The summed E-state index contributed by atoms with van der Waals surface area (Å²) in [6.45, 7) is 9.68. The summed E-state index contributed by atoms with van der Waals surface area (Å²) >= 11 is 0. The molecule has 1 aliphatic carbocycles. The lowest BCUT2D eigenvalue weighted by molar-refractivity contribution is -0.149. The summed E-state index contributed by atoms with van der Waals surface area (Å²) in [6, 6.07) is -0.0673. The summed E-state index contributed by atoms with van der Waals surface area (Å²) in [4.78, 5) is 28.6. The van der Waals surface area contributed by atoms with Crippen LogP contribution < -0.4 is 5.32 Å². The lowest BCUT2D eigenvalue weighted by atomic mass is 9.81. The van der Waals surface area contributed by atoms with E-state index in [4.69, 9.17) is 0 Å². The Morgan fingerprint density at radius 1 is 1.23 bits per heavy atom. The molecule has 0 radical (unpaired) electrons. The van der Waals surface area contributed by atoms with Gasteiger partial charge in [-0.2, -0.15) is 0 Å². The zero-order valence-corrected chi connectivity index (χ0v) is 16.4. The molecule has 3 rings (SSSR count). The van der Waals surface area contributed by atoms with Gasteiger partial charge < -0.3 is 20.2 Å². The van der Waals surface area contributed by atoms with Crippen LogP contribution in [-0.4, -0.2) is 66.2 Å². The third-order valence-electron chi connectivity index (χ3n) is 6.86. The number of carbonyl (C=O) groups excluding carboxylic acids is 1. The van der Waals surface area contributed by atoms with Crippen LogP contribution in [0.2, 0.25) is 0 Å². The Morgan fingerprint density at radius 3 is 2.58 bits per heavy atom. The molecule has 2 amide bonds. The molecular weight excluding hydrogens is 330 g/mol. The first-order valence-electron chi connectivity index (χ1n) is 10.4. The average Bonchev–Trinajstić information content (AvgIpc) is 3.17.